The van der Waals surface area contributed by atoms with E-state index in [1.165, 1.54) is 0 Å². The first-order chi connectivity index (χ1) is 16.4. The van der Waals surface area contributed by atoms with Gasteiger partial charge in [0, 0.05) is 10.9 Å². The Morgan fingerprint density at radius 3 is 2.53 bits per heavy atom. The van der Waals surface area contributed by atoms with Gasteiger partial charge >= 0.3 is 18.0 Å². The molecule has 0 fully saturated rings. The topological polar surface area (TPSA) is 107 Å². The number of amides is 2. The number of urea groups is 1. The average molecular weight is 460 g/mol. The minimum Gasteiger partial charge on any atom is -0.463 e. The largest absolute Gasteiger partial charge is 0.463 e. The summed E-state index contributed by atoms with van der Waals surface area (Å²) in [6, 6.07) is 15.8. The Morgan fingerprint density at radius 2 is 1.79 bits per heavy atom. The number of nitrogens with zero attached hydrogens (tertiary/aromatic N) is 1. The van der Waals surface area contributed by atoms with Crippen LogP contribution in [0.3, 0.4) is 0 Å². The lowest BCUT2D eigenvalue weighted by Crippen LogP contribution is -2.50. The number of esters is 2. The van der Waals surface area contributed by atoms with Crippen LogP contribution in [0.2, 0.25) is 0 Å². The summed E-state index contributed by atoms with van der Waals surface area (Å²) in [7, 11) is 0. The molecule has 0 spiro atoms. The lowest BCUT2D eigenvalue weighted by atomic mass is 10.0. The predicted octanol–water partition coefficient (Wildman–Crippen LogP) is 3.89. The Hall–Kier alpha value is -4.20. The summed E-state index contributed by atoms with van der Waals surface area (Å²) in [5.74, 6) is -1.17. The summed E-state index contributed by atoms with van der Waals surface area (Å²) in [4.78, 5) is 42.4. The van der Waals surface area contributed by atoms with Crippen LogP contribution in [0.1, 0.15) is 29.8 Å². The first kappa shape index (κ1) is 23.0. The number of rotatable bonds is 6. The van der Waals surface area contributed by atoms with E-state index in [1.807, 2.05) is 55.5 Å². The molecule has 8 nitrogen and oxygen atoms in total. The van der Waals surface area contributed by atoms with Gasteiger partial charge in [-0.3, -0.25) is 0 Å². The molecular weight excluding hydrogens is 434 g/mol. The molecule has 1 aliphatic heterocycles. The van der Waals surface area contributed by atoms with Crippen molar-refractivity contribution in [3.8, 4) is 11.3 Å². The van der Waals surface area contributed by atoms with Crippen molar-refractivity contribution in [2.75, 3.05) is 13.2 Å². The van der Waals surface area contributed by atoms with Gasteiger partial charge in [-0.05, 0) is 39.0 Å². The molecule has 1 aliphatic rings. The maximum absolute atomic E-state index is 13.2. The zero-order valence-electron chi connectivity index (χ0n) is 19.2. The van der Waals surface area contributed by atoms with Crippen molar-refractivity contribution < 1.29 is 23.9 Å². The fourth-order valence-electron chi connectivity index (χ4n) is 3.87. The van der Waals surface area contributed by atoms with Crippen LogP contribution in [-0.2, 0) is 14.3 Å². The smallest absolute Gasteiger partial charge is 0.339 e. The third-order valence-electron chi connectivity index (χ3n) is 5.47. The van der Waals surface area contributed by atoms with Crippen LogP contribution in [-0.4, -0.2) is 42.2 Å². The summed E-state index contributed by atoms with van der Waals surface area (Å²) in [6.45, 7) is 5.18. The molecule has 174 valence electrons. The van der Waals surface area contributed by atoms with Crippen LogP contribution in [0.25, 0.3) is 22.2 Å². The molecule has 8 heteroatoms. The molecule has 0 aliphatic carbocycles. The van der Waals surface area contributed by atoms with E-state index in [2.05, 4.69) is 10.6 Å². The molecular formula is C26H25N3O5. The van der Waals surface area contributed by atoms with Crippen molar-refractivity contribution in [1.29, 1.82) is 0 Å². The molecule has 0 bridgehead atoms. The normalized spacial score (nSPS) is 15.5. The van der Waals surface area contributed by atoms with Crippen LogP contribution in [0, 0.1) is 6.92 Å². The molecule has 0 saturated heterocycles. The lowest BCUT2D eigenvalue weighted by molar-refractivity contribution is -0.139. The number of carbonyl (C=O) groups is 3. The minimum absolute atomic E-state index is 0.181. The summed E-state index contributed by atoms with van der Waals surface area (Å²) in [5.41, 5.74) is 3.90. The van der Waals surface area contributed by atoms with Crippen LogP contribution < -0.4 is 10.6 Å². The first-order valence-corrected chi connectivity index (χ1v) is 11.0. The number of hydrogen-bond acceptors (Lipinski definition) is 6. The summed E-state index contributed by atoms with van der Waals surface area (Å²) in [6.07, 6.45) is 0. The summed E-state index contributed by atoms with van der Waals surface area (Å²) >= 11 is 0. The maximum Gasteiger partial charge on any atom is 0.339 e. The van der Waals surface area contributed by atoms with Gasteiger partial charge in [0.15, 0.2) is 0 Å². The third kappa shape index (κ3) is 4.76. The number of aryl methyl sites for hydroxylation is 1. The van der Waals surface area contributed by atoms with E-state index in [0.717, 1.165) is 11.1 Å². The fourth-order valence-corrected chi connectivity index (χ4v) is 3.87. The van der Waals surface area contributed by atoms with Crippen molar-refractivity contribution >= 4 is 28.9 Å². The first-order valence-electron chi connectivity index (χ1n) is 11.0. The number of ether oxygens (including phenoxy) is 2. The third-order valence-corrected chi connectivity index (χ3v) is 5.47. The van der Waals surface area contributed by atoms with Gasteiger partial charge in [-0.15, -0.1) is 0 Å². The SMILES string of the molecule is CCOC(=O)C1=C(COC(=O)c2cc(-c3ccccc3)nc3ccc(C)cc23)NC(=O)NC1C. The number of benzene rings is 2. The van der Waals surface area contributed by atoms with E-state index in [9.17, 15) is 14.4 Å². The van der Waals surface area contributed by atoms with Gasteiger partial charge < -0.3 is 20.1 Å². The number of nitrogens with one attached hydrogen (secondary N) is 2. The van der Waals surface area contributed by atoms with Gasteiger partial charge in [-0.25, -0.2) is 19.4 Å². The minimum atomic E-state index is -0.591. The monoisotopic (exact) mass is 459 g/mol. The molecule has 34 heavy (non-hydrogen) atoms. The molecule has 1 unspecified atom stereocenters. The summed E-state index contributed by atoms with van der Waals surface area (Å²) in [5, 5.41) is 5.84. The lowest BCUT2D eigenvalue weighted by Gasteiger charge is -2.26. The molecule has 1 atom stereocenters. The molecule has 2 N–H and O–H groups in total. The van der Waals surface area contributed by atoms with Gasteiger partial charge in [0.05, 0.1) is 40.7 Å². The fraction of sp³-hybridized carbons (Fsp3) is 0.231. The second-order valence-corrected chi connectivity index (χ2v) is 7.95. The molecule has 4 rings (SSSR count). The van der Waals surface area contributed by atoms with E-state index >= 15 is 0 Å². The van der Waals surface area contributed by atoms with Crippen molar-refractivity contribution in [3.05, 3.63) is 77.0 Å². The van der Waals surface area contributed by atoms with Crippen LogP contribution in [0.4, 0.5) is 4.79 Å². The van der Waals surface area contributed by atoms with Gasteiger partial charge in [0.1, 0.15) is 6.61 Å². The molecule has 0 saturated carbocycles. The predicted molar refractivity (Wildman–Crippen MR) is 127 cm³/mol. The van der Waals surface area contributed by atoms with E-state index in [4.69, 9.17) is 14.5 Å². The zero-order valence-corrected chi connectivity index (χ0v) is 19.2. The van der Waals surface area contributed by atoms with E-state index < -0.39 is 24.0 Å². The molecule has 2 amide bonds. The van der Waals surface area contributed by atoms with Crippen LogP contribution in [0.5, 0.6) is 0 Å². The Kier molecular flexibility index (Phi) is 6.58. The van der Waals surface area contributed by atoms with Crippen molar-refractivity contribution in [1.82, 2.24) is 15.6 Å². The highest BCUT2D eigenvalue weighted by Crippen LogP contribution is 2.26. The Bertz CT molecular complexity index is 1300. The Labute approximate surface area is 197 Å². The van der Waals surface area contributed by atoms with Crippen molar-refractivity contribution in [2.45, 2.75) is 26.8 Å². The quantitative estimate of drug-likeness (QED) is 0.542. The van der Waals surface area contributed by atoms with Crippen LogP contribution in [0.15, 0.2) is 65.9 Å². The highest BCUT2D eigenvalue weighted by molar-refractivity contribution is 6.05. The average Bonchev–Trinajstić information content (AvgIpc) is 2.82. The molecule has 2 heterocycles. The Balaban J connectivity index is 1.69. The van der Waals surface area contributed by atoms with Gasteiger partial charge in [0.25, 0.3) is 0 Å². The number of pyridine rings is 1. The summed E-state index contributed by atoms with van der Waals surface area (Å²) < 4.78 is 10.7. The second-order valence-electron chi connectivity index (χ2n) is 7.95. The van der Waals surface area contributed by atoms with Crippen LogP contribution >= 0.6 is 0 Å². The van der Waals surface area contributed by atoms with Gasteiger partial charge in [-0.2, -0.15) is 0 Å². The maximum atomic E-state index is 13.2. The van der Waals surface area contributed by atoms with Crippen molar-refractivity contribution in [3.63, 3.8) is 0 Å². The highest BCUT2D eigenvalue weighted by Gasteiger charge is 2.30. The molecule has 0 radical (unpaired) electrons. The van der Waals surface area contributed by atoms with Gasteiger partial charge in [0.2, 0.25) is 0 Å². The van der Waals surface area contributed by atoms with E-state index in [1.54, 1.807) is 19.9 Å². The van der Waals surface area contributed by atoms with Gasteiger partial charge in [-0.1, -0.05) is 42.0 Å². The number of fused-ring (bicyclic) bond motifs is 1. The van der Waals surface area contributed by atoms with Crippen molar-refractivity contribution in [2.24, 2.45) is 0 Å². The number of hydrogen-bond donors (Lipinski definition) is 2. The van der Waals surface area contributed by atoms with E-state index in [-0.39, 0.29) is 24.5 Å². The molecule has 1 aromatic heterocycles. The molecule has 2 aromatic carbocycles. The number of aromatic nitrogens is 1. The molecule has 3 aromatic rings. The standard InChI is InChI=1S/C26H25N3O5/c1-4-33-25(31)23-16(3)27-26(32)29-22(23)14-34-24(30)19-13-21(17-8-6-5-7-9-17)28-20-11-10-15(2)12-18(19)20/h5-13,16H,4,14H2,1-3H3,(H2,27,29,32). The zero-order chi connectivity index (χ0) is 24.2. The highest BCUT2D eigenvalue weighted by atomic mass is 16.5. The van der Waals surface area contributed by atoms with E-state index in [0.29, 0.717) is 22.2 Å². The number of carbonyl (C=O) groups excluding carboxylic acids is 3. The second kappa shape index (κ2) is 9.74. The Morgan fingerprint density at radius 1 is 1.03 bits per heavy atom.